The Hall–Kier alpha value is 1.000. The Bertz CT molecular complexity index is 13.0. The second-order valence-corrected chi connectivity index (χ2v) is 0. The van der Waals surface area contributed by atoms with Gasteiger partial charge in [-0.05, 0) is 0 Å². The molecule has 0 rings (SSSR count). The van der Waals surface area contributed by atoms with Crippen molar-refractivity contribution >= 4 is 29.8 Å². The minimum absolute atomic E-state index is 0. The molecule has 0 nitrogen and oxygen atoms in total. The van der Waals surface area contributed by atoms with Gasteiger partial charge in [-0.25, -0.2) is 0 Å². The second-order valence-electron chi connectivity index (χ2n) is 0. The molecule has 9 heteroatoms. The third-order valence-corrected chi connectivity index (χ3v) is 0. The van der Waals surface area contributed by atoms with Crippen molar-refractivity contribution in [3.63, 3.8) is 0 Å². The van der Waals surface area contributed by atoms with Crippen LogP contribution in [0.4, 0.5) is 9.41 Å². The van der Waals surface area contributed by atoms with Crippen LogP contribution in [0.3, 0.4) is 0 Å². The molecular weight excluding hydrogens is 183 g/mol. The Labute approximate surface area is 77.1 Å². The Morgan fingerprint density at radius 1 is 0.556 bits per heavy atom. The maximum atomic E-state index is 0. The molecule has 0 saturated heterocycles. The van der Waals surface area contributed by atoms with Crippen molar-refractivity contribution in [1.82, 2.24) is 0 Å². The number of hydrogen-bond acceptors (Lipinski definition) is 0. The summed E-state index contributed by atoms with van der Waals surface area (Å²) in [6, 6.07) is 0. The number of hydrogen-bond donors (Lipinski definition) is 0. The quantitative estimate of drug-likeness (QED) is 0.260. The molecule has 0 radical (unpaired) electrons. The monoisotopic (exact) mass is 186 g/mol. The third-order valence-electron chi connectivity index (χ3n) is 0. The fourth-order valence-corrected chi connectivity index (χ4v) is 0. The summed E-state index contributed by atoms with van der Waals surface area (Å²) in [5.41, 5.74) is 0. The van der Waals surface area contributed by atoms with E-state index in [4.69, 9.17) is 0 Å². The summed E-state index contributed by atoms with van der Waals surface area (Å²) in [7, 11) is 0. The van der Waals surface area contributed by atoms with Gasteiger partial charge in [0, 0.05) is 0 Å². The zero-order chi connectivity index (χ0) is 0. The van der Waals surface area contributed by atoms with Crippen molar-refractivity contribution in [3.8, 4) is 0 Å². The van der Waals surface area contributed by atoms with Crippen LogP contribution in [0.25, 0.3) is 0 Å². The fourth-order valence-electron chi connectivity index (χ4n) is 0. The first-order valence-electron chi connectivity index (χ1n) is 0. The van der Waals surface area contributed by atoms with E-state index in [9.17, 15) is 0 Å². The van der Waals surface area contributed by atoms with Gasteiger partial charge in [0.2, 0.25) is 0 Å². The summed E-state index contributed by atoms with van der Waals surface area (Å²) >= 11 is 0. The van der Waals surface area contributed by atoms with Gasteiger partial charge in [-0.2, -0.15) is 0 Å². The maximum absolute atomic E-state index is 0. The first-order chi connectivity index (χ1) is 0. The predicted molar refractivity (Wildman–Crippen MR) is 18.0 cm³/mol. The van der Waals surface area contributed by atoms with Crippen molar-refractivity contribution in [2.24, 2.45) is 0 Å². The van der Waals surface area contributed by atoms with E-state index < -0.39 is 0 Å². The Kier molecular flexibility index (Phi) is 51900. The van der Waals surface area contributed by atoms with E-state index in [1.165, 1.54) is 0 Å². The summed E-state index contributed by atoms with van der Waals surface area (Å²) < 4.78 is 0. The minimum atomic E-state index is 0. The minimum Gasteiger partial charge on any atom is -1.00 e. The van der Waals surface area contributed by atoms with Gasteiger partial charge in [-0.15, -0.1) is 12.4 Å². The van der Waals surface area contributed by atoms with Crippen LogP contribution < -0.4 is 37.7 Å². The van der Waals surface area contributed by atoms with Crippen LogP contribution in [0, 0.1) is 0 Å². The summed E-state index contributed by atoms with van der Waals surface area (Å²) in [6.45, 7) is 0. The molecule has 0 aliphatic heterocycles. The van der Waals surface area contributed by atoms with Crippen LogP contribution in [-0.2, 0) is 0 Å². The first kappa shape index (κ1) is 810. The molecule has 0 N–H and O–H groups in total. The van der Waals surface area contributed by atoms with Gasteiger partial charge < -0.3 is 18.8 Å². The normalized spacial score (nSPS) is 0. The van der Waals surface area contributed by atoms with Crippen LogP contribution >= 0.6 is 12.4 Å². The summed E-state index contributed by atoms with van der Waals surface area (Å²) in [4.78, 5) is 0. The number of halogens is 7. The molecule has 9 heavy (non-hydrogen) atoms. The molecule has 56 valence electrons. The molecule has 0 aromatic carbocycles. The Morgan fingerprint density at radius 2 is 0.556 bits per heavy atom. The average Bonchev–Trinajstić information content (AvgIpc) is 0. The molecule has 0 saturated carbocycles. The Morgan fingerprint density at radius 3 is 0.556 bits per heavy atom. The van der Waals surface area contributed by atoms with Crippen molar-refractivity contribution < 1.29 is 47.1 Å². The first-order valence-corrected chi connectivity index (χ1v) is 0. The van der Waals surface area contributed by atoms with Crippen LogP contribution in [-0.4, -0.2) is 17.4 Å². The van der Waals surface area contributed by atoms with Gasteiger partial charge in [0.05, 0.1) is 0 Å². The molecule has 0 unspecified atom stereocenters. The molecule has 0 aliphatic carbocycles. The van der Waals surface area contributed by atoms with Gasteiger partial charge in [0.15, 0.2) is 0 Å². The van der Waals surface area contributed by atoms with E-state index >= 15 is 0 Å². The van der Waals surface area contributed by atoms with Crippen LogP contribution in [0.5, 0.6) is 0 Å². The standard InChI is InChI=1S/Al.ClH.6FH.Li/h;7*1H;/q+3;;;;;;;;+1/p-4. The molecule has 0 aromatic heterocycles. The largest absolute Gasteiger partial charge is 3.00 e. The van der Waals surface area contributed by atoms with E-state index in [1.807, 2.05) is 0 Å². The van der Waals surface area contributed by atoms with E-state index in [2.05, 4.69) is 0 Å². The van der Waals surface area contributed by atoms with Gasteiger partial charge >= 0.3 is 36.2 Å². The van der Waals surface area contributed by atoms with Crippen molar-refractivity contribution in [3.05, 3.63) is 0 Å². The topological polar surface area (TPSA) is 0 Å². The summed E-state index contributed by atoms with van der Waals surface area (Å²) in [5.74, 6) is 0. The summed E-state index contributed by atoms with van der Waals surface area (Å²) in [5, 5.41) is 0. The van der Waals surface area contributed by atoms with E-state index in [0.717, 1.165) is 0 Å². The van der Waals surface area contributed by atoms with Crippen molar-refractivity contribution in [1.29, 1.82) is 0 Å². The molecule has 0 atom stereocenters. The van der Waals surface area contributed by atoms with Gasteiger partial charge in [-0.3, -0.25) is 9.41 Å². The van der Waals surface area contributed by atoms with Crippen LogP contribution in [0.15, 0.2) is 0 Å². The zero-order valence-corrected chi connectivity index (χ0v) is 6.29. The molecule has 0 amide bonds. The average molecular weight is 186 g/mol. The number of rotatable bonds is 0. The maximum Gasteiger partial charge on any atom is 3.00 e. The van der Waals surface area contributed by atoms with Crippen LogP contribution in [0.2, 0.25) is 0 Å². The van der Waals surface area contributed by atoms with E-state index in [1.54, 1.807) is 0 Å². The van der Waals surface area contributed by atoms with Gasteiger partial charge in [0.1, 0.15) is 0 Å². The molecular formula is H3AlClF6Li. The zero-order valence-electron chi connectivity index (χ0n) is 4.31. The molecule has 0 aromatic rings. The van der Waals surface area contributed by atoms with E-state index in [0.29, 0.717) is 0 Å². The molecule has 0 bridgehead atoms. The molecule has 0 aliphatic rings. The third kappa shape index (κ3) is 441. The van der Waals surface area contributed by atoms with Crippen molar-refractivity contribution in [2.75, 3.05) is 0 Å². The Balaban J connectivity index is 0. The smallest absolute Gasteiger partial charge is 1.00 e. The van der Waals surface area contributed by atoms with E-state index in [-0.39, 0.29) is 76.9 Å². The van der Waals surface area contributed by atoms with Crippen LogP contribution in [0.1, 0.15) is 0 Å². The van der Waals surface area contributed by atoms with Gasteiger partial charge in [0.25, 0.3) is 0 Å². The SMILES string of the molecule is Cl.F.F.[Al+3].[F-].[F-].[F-].[F-].[Li+]. The second kappa shape index (κ2) is 576. The fraction of sp³-hybridized carbons (Fsp3) is 0. The van der Waals surface area contributed by atoms with Gasteiger partial charge in [-0.1, -0.05) is 0 Å². The molecule has 0 fully saturated rings. The van der Waals surface area contributed by atoms with Crippen molar-refractivity contribution in [2.45, 2.75) is 0 Å². The molecule has 0 heterocycles. The molecule has 0 spiro atoms. The summed E-state index contributed by atoms with van der Waals surface area (Å²) in [6.07, 6.45) is 0. The predicted octanol–water partition coefficient (Wildman–Crippen LogP) is -14.6.